The van der Waals surface area contributed by atoms with Gasteiger partial charge < -0.3 is 5.32 Å². The molecule has 0 radical (unpaired) electrons. The molecule has 0 saturated heterocycles. The van der Waals surface area contributed by atoms with Crippen LogP contribution in [0, 0.1) is 6.92 Å². The van der Waals surface area contributed by atoms with Gasteiger partial charge in [-0.05, 0) is 25.6 Å². The minimum absolute atomic E-state index is 0.0809. The quantitative estimate of drug-likeness (QED) is 0.907. The Hall–Kier alpha value is -1.32. The van der Waals surface area contributed by atoms with Gasteiger partial charge in [-0.25, -0.2) is 0 Å². The van der Waals surface area contributed by atoms with Crippen molar-refractivity contribution in [2.45, 2.75) is 13.0 Å². The van der Waals surface area contributed by atoms with Crippen LogP contribution in [0.3, 0.4) is 0 Å². The van der Waals surface area contributed by atoms with Gasteiger partial charge in [0.2, 0.25) is 0 Å². The molecule has 1 unspecified atom stereocenters. The molecule has 0 amide bonds. The number of aromatic nitrogens is 2. The largest absolute Gasteiger partial charge is 0.309 e. The molecule has 4 heteroatoms. The second-order valence-electron chi connectivity index (χ2n) is 4.05. The molecular formula is C13H16ClN3. The molecule has 2 aromatic rings. The summed E-state index contributed by atoms with van der Waals surface area (Å²) in [6, 6.07) is 7.96. The molecule has 2 rings (SSSR count). The van der Waals surface area contributed by atoms with Crippen LogP contribution in [0.1, 0.15) is 22.9 Å². The van der Waals surface area contributed by atoms with Crippen LogP contribution in [0.2, 0.25) is 5.02 Å². The molecule has 0 bridgehead atoms. The van der Waals surface area contributed by atoms with E-state index in [0.717, 1.165) is 21.8 Å². The average molecular weight is 250 g/mol. The molecule has 0 aliphatic heterocycles. The fraction of sp³-hybridized carbons (Fsp3) is 0.308. The minimum atomic E-state index is 0.0809. The number of nitrogens with zero attached hydrogens (tertiary/aromatic N) is 2. The van der Waals surface area contributed by atoms with Crippen LogP contribution in [0.25, 0.3) is 0 Å². The van der Waals surface area contributed by atoms with Crippen LogP contribution >= 0.6 is 11.6 Å². The Morgan fingerprint density at radius 3 is 2.53 bits per heavy atom. The van der Waals surface area contributed by atoms with Gasteiger partial charge in [0, 0.05) is 23.3 Å². The zero-order valence-corrected chi connectivity index (χ0v) is 11.0. The van der Waals surface area contributed by atoms with Crippen molar-refractivity contribution in [3.05, 3.63) is 52.3 Å². The van der Waals surface area contributed by atoms with E-state index in [9.17, 15) is 0 Å². The topological polar surface area (TPSA) is 29.9 Å². The number of nitrogens with one attached hydrogen (secondary N) is 1. The van der Waals surface area contributed by atoms with Gasteiger partial charge in [-0.1, -0.05) is 29.8 Å². The first-order valence-corrected chi connectivity index (χ1v) is 5.93. The summed E-state index contributed by atoms with van der Waals surface area (Å²) in [5.74, 6) is 0. The zero-order chi connectivity index (χ0) is 12.4. The van der Waals surface area contributed by atoms with E-state index >= 15 is 0 Å². The highest BCUT2D eigenvalue weighted by Crippen LogP contribution is 2.29. The van der Waals surface area contributed by atoms with Crippen LogP contribution in [-0.2, 0) is 7.05 Å². The highest BCUT2D eigenvalue weighted by molar-refractivity contribution is 6.31. The molecular weight excluding hydrogens is 234 g/mol. The van der Waals surface area contributed by atoms with Crippen LogP contribution in [0.5, 0.6) is 0 Å². The Labute approximate surface area is 106 Å². The van der Waals surface area contributed by atoms with Crippen molar-refractivity contribution >= 4 is 11.6 Å². The Bertz CT molecular complexity index is 519. The molecule has 3 nitrogen and oxygen atoms in total. The van der Waals surface area contributed by atoms with Gasteiger partial charge in [0.15, 0.2) is 0 Å². The van der Waals surface area contributed by atoms with Crippen molar-refractivity contribution in [2.75, 3.05) is 7.05 Å². The highest BCUT2D eigenvalue weighted by Gasteiger charge is 2.18. The third-order valence-corrected chi connectivity index (χ3v) is 3.43. The second kappa shape index (κ2) is 4.90. The molecule has 0 spiro atoms. The van der Waals surface area contributed by atoms with E-state index in [1.54, 1.807) is 0 Å². The smallest absolute Gasteiger partial charge is 0.0622 e. The summed E-state index contributed by atoms with van der Waals surface area (Å²) >= 11 is 6.24. The monoisotopic (exact) mass is 249 g/mol. The molecule has 1 atom stereocenters. The predicted octanol–water partition coefficient (Wildman–Crippen LogP) is 2.69. The lowest BCUT2D eigenvalue weighted by Gasteiger charge is -2.17. The Morgan fingerprint density at radius 2 is 2.00 bits per heavy atom. The zero-order valence-electron chi connectivity index (χ0n) is 10.2. The molecule has 1 N–H and O–H groups in total. The van der Waals surface area contributed by atoms with E-state index in [-0.39, 0.29) is 6.04 Å². The Morgan fingerprint density at radius 1 is 1.29 bits per heavy atom. The van der Waals surface area contributed by atoms with Crippen molar-refractivity contribution in [3.8, 4) is 0 Å². The van der Waals surface area contributed by atoms with E-state index < -0.39 is 0 Å². The third kappa shape index (κ3) is 2.21. The number of hydrogen-bond donors (Lipinski definition) is 1. The molecule has 90 valence electrons. The van der Waals surface area contributed by atoms with Crippen LogP contribution in [0.15, 0.2) is 30.5 Å². The number of benzene rings is 1. The summed E-state index contributed by atoms with van der Waals surface area (Å²) < 4.78 is 1.87. The normalized spacial score (nSPS) is 12.7. The molecule has 1 aromatic heterocycles. The van der Waals surface area contributed by atoms with Gasteiger partial charge in [-0.15, -0.1) is 0 Å². The van der Waals surface area contributed by atoms with E-state index in [0.29, 0.717) is 0 Å². The predicted molar refractivity (Wildman–Crippen MR) is 70.3 cm³/mol. The maximum Gasteiger partial charge on any atom is 0.0622 e. The SMILES string of the molecule is CNC(c1ccccc1Cl)c1cnn(C)c1C. The van der Waals surface area contributed by atoms with Gasteiger partial charge in [0.05, 0.1) is 12.2 Å². The van der Waals surface area contributed by atoms with Crippen LogP contribution in [-0.4, -0.2) is 16.8 Å². The van der Waals surface area contributed by atoms with Gasteiger partial charge in [-0.3, -0.25) is 4.68 Å². The Balaban J connectivity index is 2.48. The summed E-state index contributed by atoms with van der Waals surface area (Å²) in [5.41, 5.74) is 3.38. The Kier molecular flexibility index (Phi) is 3.50. The van der Waals surface area contributed by atoms with Crippen LogP contribution in [0.4, 0.5) is 0 Å². The minimum Gasteiger partial charge on any atom is -0.309 e. The van der Waals surface area contributed by atoms with Gasteiger partial charge in [0.25, 0.3) is 0 Å². The van der Waals surface area contributed by atoms with E-state index in [2.05, 4.69) is 17.3 Å². The maximum atomic E-state index is 6.24. The van der Waals surface area contributed by atoms with Gasteiger partial charge in [0.1, 0.15) is 0 Å². The maximum absolute atomic E-state index is 6.24. The van der Waals surface area contributed by atoms with Crippen molar-refractivity contribution in [2.24, 2.45) is 7.05 Å². The fourth-order valence-corrected chi connectivity index (χ4v) is 2.23. The number of hydrogen-bond acceptors (Lipinski definition) is 2. The fourth-order valence-electron chi connectivity index (χ4n) is 1.99. The number of halogens is 1. The van der Waals surface area contributed by atoms with E-state index in [1.807, 2.05) is 49.2 Å². The van der Waals surface area contributed by atoms with E-state index in [4.69, 9.17) is 11.6 Å². The van der Waals surface area contributed by atoms with Crippen LogP contribution < -0.4 is 5.32 Å². The summed E-state index contributed by atoms with van der Waals surface area (Å²) in [7, 11) is 3.87. The summed E-state index contributed by atoms with van der Waals surface area (Å²) in [5, 5.41) is 8.34. The average Bonchev–Trinajstić information content (AvgIpc) is 2.65. The van der Waals surface area contributed by atoms with E-state index in [1.165, 1.54) is 0 Å². The molecule has 1 heterocycles. The first-order valence-electron chi connectivity index (χ1n) is 5.55. The van der Waals surface area contributed by atoms with Gasteiger partial charge >= 0.3 is 0 Å². The third-order valence-electron chi connectivity index (χ3n) is 3.09. The summed E-state index contributed by atoms with van der Waals surface area (Å²) in [4.78, 5) is 0. The molecule has 1 aromatic carbocycles. The second-order valence-corrected chi connectivity index (χ2v) is 4.46. The molecule has 0 aliphatic rings. The molecule has 0 saturated carbocycles. The molecule has 0 aliphatic carbocycles. The standard InChI is InChI=1S/C13H16ClN3/c1-9-11(8-16-17(9)3)13(15-2)10-6-4-5-7-12(10)14/h4-8,13,15H,1-3H3. The van der Waals surface area contributed by atoms with Crippen molar-refractivity contribution in [1.29, 1.82) is 0 Å². The summed E-state index contributed by atoms with van der Waals surface area (Å²) in [6.07, 6.45) is 1.89. The van der Waals surface area contributed by atoms with Gasteiger partial charge in [-0.2, -0.15) is 5.10 Å². The summed E-state index contributed by atoms with van der Waals surface area (Å²) in [6.45, 7) is 2.06. The number of aryl methyl sites for hydroxylation is 1. The van der Waals surface area contributed by atoms with Crippen molar-refractivity contribution in [1.82, 2.24) is 15.1 Å². The van der Waals surface area contributed by atoms with Crippen molar-refractivity contribution in [3.63, 3.8) is 0 Å². The lowest BCUT2D eigenvalue weighted by molar-refractivity contribution is 0.679. The number of rotatable bonds is 3. The molecule has 17 heavy (non-hydrogen) atoms. The highest BCUT2D eigenvalue weighted by atomic mass is 35.5. The first-order chi connectivity index (χ1) is 8.15. The van der Waals surface area contributed by atoms with Crippen molar-refractivity contribution < 1.29 is 0 Å². The lowest BCUT2D eigenvalue weighted by atomic mass is 9.99. The first kappa shape index (κ1) is 12.1. The molecule has 0 fully saturated rings. The lowest BCUT2D eigenvalue weighted by Crippen LogP contribution is -2.18.